The molecule has 0 spiro atoms. The molecule has 0 saturated heterocycles. The van der Waals surface area contributed by atoms with Crippen molar-refractivity contribution in [2.45, 2.75) is 26.7 Å². The van der Waals surface area contributed by atoms with E-state index in [2.05, 4.69) is 5.32 Å². The van der Waals surface area contributed by atoms with Gasteiger partial charge in [0.25, 0.3) is 0 Å². The van der Waals surface area contributed by atoms with Crippen molar-refractivity contribution in [2.75, 3.05) is 18.4 Å². The van der Waals surface area contributed by atoms with E-state index in [0.717, 1.165) is 25.9 Å². The summed E-state index contributed by atoms with van der Waals surface area (Å²) < 4.78 is 12.9. The second-order valence-corrected chi connectivity index (χ2v) is 3.93. The first-order valence-electron chi connectivity index (χ1n) is 5.98. The molecule has 1 aromatic carbocycles. The molecule has 0 aliphatic heterocycles. The van der Waals surface area contributed by atoms with Gasteiger partial charge in [-0.2, -0.15) is 0 Å². The van der Waals surface area contributed by atoms with E-state index in [1.807, 2.05) is 13.8 Å². The molecule has 0 fully saturated rings. The zero-order valence-corrected chi connectivity index (χ0v) is 10.4. The molecule has 2 amide bonds. The molecule has 3 nitrogen and oxygen atoms in total. The molecule has 0 aliphatic carbocycles. The fourth-order valence-corrected chi connectivity index (χ4v) is 1.62. The zero-order chi connectivity index (χ0) is 12.7. The van der Waals surface area contributed by atoms with Crippen molar-refractivity contribution in [2.24, 2.45) is 0 Å². The lowest BCUT2D eigenvalue weighted by atomic mass is 10.3. The third-order valence-electron chi connectivity index (χ3n) is 2.35. The van der Waals surface area contributed by atoms with Gasteiger partial charge in [0.1, 0.15) is 5.82 Å². The van der Waals surface area contributed by atoms with E-state index >= 15 is 0 Å². The summed E-state index contributed by atoms with van der Waals surface area (Å²) in [5.41, 5.74) is 0.493. The molecule has 0 atom stereocenters. The van der Waals surface area contributed by atoms with Crippen LogP contribution < -0.4 is 5.32 Å². The van der Waals surface area contributed by atoms with Crippen LogP contribution in [0.2, 0.25) is 0 Å². The Morgan fingerprint density at radius 2 is 1.94 bits per heavy atom. The molecule has 94 valence electrons. The van der Waals surface area contributed by atoms with Crippen LogP contribution in [-0.2, 0) is 0 Å². The van der Waals surface area contributed by atoms with Crippen LogP contribution in [0.15, 0.2) is 24.3 Å². The third kappa shape index (κ3) is 4.43. The van der Waals surface area contributed by atoms with Gasteiger partial charge in [-0.3, -0.25) is 0 Å². The van der Waals surface area contributed by atoms with Crippen LogP contribution in [0.25, 0.3) is 0 Å². The summed E-state index contributed by atoms with van der Waals surface area (Å²) in [5.74, 6) is -0.347. The number of carbonyl (C=O) groups excluding carboxylic acids is 1. The molecule has 0 radical (unpaired) electrons. The monoisotopic (exact) mass is 238 g/mol. The minimum atomic E-state index is -0.347. The first-order valence-corrected chi connectivity index (χ1v) is 5.98. The standard InChI is InChI=1S/C13H19FN2O/c1-3-8-16(9-4-2)13(17)15-12-7-5-6-11(14)10-12/h5-7,10H,3-4,8-9H2,1-2H3,(H,15,17). The highest BCUT2D eigenvalue weighted by atomic mass is 19.1. The quantitative estimate of drug-likeness (QED) is 0.836. The highest BCUT2D eigenvalue weighted by Gasteiger charge is 2.11. The predicted molar refractivity (Wildman–Crippen MR) is 67.6 cm³/mol. The second-order valence-electron chi connectivity index (χ2n) is 3.93. The van der Waals surface area contributed by atoms with Crippen LogP contribution in [0, 0.1) is 5.82 Å². The van der Waals surface area contributed by atoms with E-state index in [-0.39, 0.29) is 11.8 Å². The number of benzene rings is 1. The van der Waals surface area contributed by atoms with Gasteiger partial charge in [0.15, 0.2) is 0 Å². The van der Waals surface area contributed by atoms with E-state index in [1.165, 1.54) is 12.1 Å². The summed E-state index contributed by atoms with van der Waals surface area (Å²) in [6, 6.07) is 5.75. The first-order chi connectivity index (χ1) is 8.17. The molecule has 1 aromatic rings. The number of halogens is 1. The Morgan fingerprint density at radius 3 is 2.47 bits per heavy atom. The Kier molecular flexibility index (Phi) is 5.46. The molecule has 4 heteroatoms. The molecular formula is C13H19FN2O. The summed E-state index contributed by atoms with van der Waals surface area (Å²) in [6.45, 7) is 5.49. The minimum Gasteiger partial charge on any atom is -0.325 e. The van der Waals surface area contributed by atoms with Gasteiger partial charge in [0.2, 0.25) is 0 Å². The van der Waals surface area contributed by atoms with Crippen LogP contribution in [0.1, 0.15) is 26.7 Å². The van der Waals surface area contributed by atoms with E-state index in [9.17, 15) is 9.18 Å². The number of nitrogens with zero attached hydrogens (tertiary/aromatic N) is 1. The second kappa shape index (κ2) is 6.89. The Labute approximate surface area is 102 Å². The summed E-state index contributed by atoms with van der Waals surface area (Å²) in [6.07, 6.45) is 1.83. The van der Waals surface area contributed by atoms with Crippen molar-refractivity contribution < 1.29 is 9.18 Å². The van der Waals surface area contributed by atoms with Gasteiger partial charge in [0, 0.05) is 18.8 Å². The molecule has 0 unspecified atom stereocenters. The van der Waals surface area contributed by atoms with Crippen molar-refractivity contribution in [1.82, 2.24) is 4.90 Å². The van der Waals surface area contributed by atoms with Crippen molar-refractivity contribution in [1.29, 1.82) is 0 Å². The molecule has 1 rings (SSSR count). The van der Waals surface area contributed by atoms with Crippen LogP contribution in [0.3, 0.4) is 0 Å². The maximum Gasteiger partial charge on any atom is 0.321 e. The van der Waals surface area contributed by atoms with Gasteiger partial charge in [-0.1, -0.05) is 19.9 Å². The lowest BCUT2D eigenvalue weighted by Gasteiger charge is -2.21. The number of urea groups is 1. The lowest BCUT2D eigenvalue weighted by molar-refractivity contribution is 0.211. The van der Waals surface area contributed by atoms with Crippen LogP contribution in [-0.4, -0.2) is 24.0 Å². The van der Waals surface area contributed by atoms with Crippen molar-refractivity contribution in [3.63, 3.8) is 0 Å². The van der Waals surface area contributed by atoms with Crippen molar-refractivity contribution >= 4 is 11.7 Å². The van der Waals surface area contributed by atoms with Gasteiger partial charge >= 0.3 is 6.03 Å². The van der Waals surface area contributed by atoms with E-state index < -0.39 is 0 Å². The van der Waals surface area contributed by atoms with E-state index in [0.29, 0.717) is 5.69 Å². The molecular weight excluding hydrogens is 219 g/mol. The fraction of sp³-hybridized carbons (Fsp3) is 0.462. The van der Waals surface area contributed by atoms with Crippen molar-refractivity contribution in [3.05, 3.63) is 30.1 Å². The van der Waals surface area contributed by atoms with Crippen LogP contribution >= 0.6 is 0 Å². The number of hydrogen-bond acceptors (Lipinski definition) is 1. The predicted octanol–water partition coefficient (Wildman–Crippen LogP) is 3.48. The molecule has 1 N–H and O–H groups in total. The Balaban J connectivity index is 2.62. The lowest BCUT2D eigenvalue weighted by Crippen LogP contribution is -2.36. The Bertz CT molecular complexity index is 362. The van der Waals surface area contributed by atoms with Crippen LogP contribution in [0.5, 0.6) is 0 Å². The SMILES string of the molecule is CCCN(CCC)C(=O)Nc1cccc(F)c1. The molecule has 0 bridgehead atoms. The number of rotatable bonds is 5. The van der Waals surface area contributed by atoms with Crippen LogP contribution in [0.4, 0.5) is 14.9 Å². The number of amides is 2. The van der Waals surface area contributed by atoms with E-state index in [1.54, 1.807) is 17.0 Å². The van der Waals surface area contributed by atoms with Gasteiger partial charge in [0.05, 0.1) is 0 Å². The minimum absolute atomic E-state index is 0.167. The summed E-state index contributed by atoms with van der Waals surface area (Å²) in [7, 11) is 0. The number of carbonyl (C=O) groups is 1. The Hall–Kier alpha value is -1.58. The highest BCUT2D eigenvalue weighted by Crippen LogP contribution is 2.10. The smallest absolute Gasteiger partial charge is 0.321 e. The molecule has 0 aromatic heterocycles. The average molecular weight is 238 g/mol. The first kappa shape index (κ1) is 13.5. The zero-order valence-electron chi connectivity index (χ0n) is 10.4. The van der Waals surface area contributed by atoms with Gasteiger partial charge in [-0.15, -0.1) is 0 Å². The normalized spacial score (nSPS) is 10.1. The van der Waals surface area contributed by atoms with Gasteiger partial charge < -0.3 is 10.2 Å². The van der Waals surface area contributed by atoms with Gasteiger partial charge in [-0.25, -0.2) is 9.18 Å². The average Bonchev–Trinajstić information content (AvgIpc) is 2.28. The Morgan fingerprint density at radius 1 is 1.29 bits per heavy atom. The molecule has 0 saturated carbocycles. The molecule has 17 heavy (non-hydrogen) atoms. The third-order valence-corrected chi connectivity index (χ3v) is 2.35. The maximum atomic E-state index is 12.9. The summed E-state index contributed by atoms with van der Waals surface area (Å²) >= 11 is 0. The summed E-state index contributed by atoms with van der Waals surface area (Å²) in [4.78, 5) is 13.6. The largest absolute Gasteiger partial charge is 0.325 e. The topological polar surface area (TPSA) is 32.3 Å². The molecule has 0 aliphatic rings. The number of hydrogen-bond donors (Lipinski definition) is 1. The number of nitrogens with one attached hydrogen (secondary N) is 1. The molecule has 0 heterocycles. The maximum absolute atomic E-state index is 12.9. The highest BCUT2D eigenvalue weighted by molar-refractivity contribution is 5.89. The van der Waals surface area contributed by atoms with E-state index in [4.69, 9.17) is 0 Å². The van der Waals surface area contributed by atoms with Gasteiger partial charge in [-0.05, 0) is 31.0 Å². The fourth-order valence-electron chi connectivity index (χ4n) is 1.62. The van der Waals surface area contributed by atoms with Crippen molar-refractivity contribution in [3.8, 4) is 0 Å². The number of anilines is 1. The summed E-state index contributed by atoms with van der Waals surface area (Å²) in [5, 5.41) is 2.70.